The molecule has 7 heteroatoms. The van der Waals surface area contributed by atoms with E-state index in [-0.39, 0.29) is 0 Å². The van der Waals surface area contributed by atoms with Gasteiger partial charge < -0.3 is 10.5 Å². The lowest BCUT2D eigenvalue weighted by Gasteiger charge is -2.07. The Hall–Kier alpha value is -1.53. The maximum atomic E-state index is 6.00. The minimum Gasteiger partial charge on any atom is -0.479 e. The number of anilines is 1. The molecule has 2 aromatic rings. The fourth-order valence-corrected chi connectivity index (χ4v) is 2.14. The van der Waals surface area contributed by atoms with Gasteiger partial charge in [0.2, 0.25) is 5.88 Å². The Morgan fingerprint density at radius 2 is 2.12 bits per heavy atom. The van der Waals surface area contributed by atoms with Crippen molar-refractivity contribution < 1.29 is 4.74 Å². The highest BCUT2D eigenvalue weighted by Gasteiger charge is 2.12. The lowest BCUT2D eigenvalue weighted by Crippen LogP contribution is -1.99. The van der Waals surface area contributed by atoms with Crippen molar-refractivity contribution in [3.63, 3.8) is 0 Å². The Bertz CT molecular complexity index is 537. The third kappa shape index (κ3) is 2.59. The number of nitrogen functional groups attached to an aromatic ring is 1. The highest BCUT2D eigenvalue weighted by molar-refractivity contribution is 7.99. The molecule has 2 aromatic heterocycles. The quantitative estimate of drug-likeness (QED) is 0.861. The average molecular weight is 269 g/mol. The van der Waals surface area contributed by atoms with Gasteiger partial charge in [-0.3, -0.25) is 0 Å². The summed E-state index contributed by atoms with van der Waals surface area (Å²) >= 11 is 7.27. The summed E-state index contributed by atoms with van der Waals surface area (Å²) in [5.41, 5.74) is 6.23. The van der Waals surface area contributed by atoms with Gasteiger partial charge >= 0.3 is 0 Å². The summed E-state index contributed by atoms with van der Waals surface area (Å²) in [6.07, 6.45) is 3.04. The Morgan fingerprint density at radius 3 is 2.82 bits per heavy atom. The zero-order valence-corrected chi connectivity index (χ0v) is 10.5. The Labute approximate surface area is 107 Å². The summed E-state index contributed by atoms with van der Waals surface area (Å²) in [6.45, 7) is 0. The molecular weight excluding hydrogens is 260 g/mol. The van der Waals surface area contributed by atoms with Crippen molar-refractivity contribution in [1.29, 1.82) is 0 Å². The van der Waals surface area contributed by atoms with E-state index in [0.29, 0.717) is 26.6 Å². The summed E-state index contributed by atoms with van der Waals surface area (Å²) in [5.74, 6) is 0.342. The molecule has 0 radical (unpaired) electrons. The van der Waals surface area contributed by atoms with Gasteiger partial charge in [0.1, 0.15) is 22.1 Å². The van der Waals surface area contributed by atoms with Gasteiger partial charge in [-0.1, -0.05) is 11.6 Å². The van der Waals surface area contributed by atoms with Crippen LogP contribution in [0, 0.1) is 0 Å². The molecule has 0 unspecified atom stereocenters. The van der Waals surface area contributed by atoms with Crippen LogP contribution < -0.4 is 10.5 Å². The highest BCUT2D eigenvalue weighted by atomic mass is 35.5. The molecule has 0 saturated carbocycles. The lowest BCUT2D eigenvalue weighted by atomic mass is 10.5. The molecule has 0 aliphatic rings. The molecule has 88 valence electrons. The van der Waals surface area contributed by atoms with Crippen LogP contribution in [-0.2, 0) is 0 Å². The zero-order chi connectivity index (χ0) is 12.3. The van der Waals surface area contributed by atoms with E-state index in [9.17, 15) is 0 Å². The predicted molar refractivity (Wildman–Crippen MR) is 66.4 cm³/mol. The van der Waals surface area contributed by atoms with Gasteiger partial charge in [0.15, 0.2) is 0 Å². The molecule has 0 fully saturated rings. The van der Waals surface area contributed by atoms with Gasteiger partial charge in [0, 0.05) is 6.20 Å². The molecule has 2 N–H and O–H groups in total. The van der Waals surface area contributed by atoms with Crippen molar-refractivity contribution >= 4 is 29.1 Å². The monoisotopic (exact) mass is 268 g/mol. The number of ether oxygens (including phenoxy) is 1. The van der Waals surface area contributed by atoms with E-state index < -0.39 is 0 Å². The Morgan fingerprint density at radius 1 is 1.29 bits per heavy atom. The van der Waals surface area contributed by atoms with Crippen LogP contribution in [-0.4, -0.2) is 22.1 Å². The van der Waals surface area contributed by atoms with Crippen LogP contribution in [0.4, 0.5) is 5.69 Å². The molecule has 0 bridgehead atoms. The molecule has 0 aromatic carbocycles. The third-order valence-electron chi connectivity index (χ3n) is 1.92. The fraction of sp³-hybridized carbons (Fsp3) is 0.100. The van der Waals surface area contributed by atoms with E-state index in [1.807, 2.05) is 0 Å². The second-order valence-corrected chi connectivity index (χ2v) is 4.38. The van der Waals surface area contributed by atoms with Gasteiger partial charge in [0.25, 0.3) is 0 Å². The number of pyridine rings is 1. The van der Waals surface area contributed by atoms with E-state index in [4.69, 9.17) is 22.1 Å². The summed E-state index contributed by atoms with van der Waals surface area (Å²) in [4.78, 5) is 12.1. The van der Waals surface area contributed by atoms with Crippen molar-refractivity contribution in [2.75, 3.05) is 12.8 Å². The second-order valence-electron chi connectivity index (χ2n) is 2.99. The average Bonchev–Trinajstić information content (AvgIpc) is 2.34. The third-order valence-corrected chi connectivity index (χ3v) is 3.38. The number of rotatable bonds is 3. The molecule has 0 aliphatic carbocycles. The highest BCUT2D eigenvalue weighted by Crippen LogP contribution is 2.35. The Kier molecular flexibility index (Phi) is 3.65. The van der Waals surface area contributed by atoms with Gasteiger partial charge in [-0.15, -0.1) is 0 Å². The van der Waals surface area contributed by atoms with Crippen molar-refractivity contribution in [3.05, 3.63) is 29.7 Å². The summed E-state index contributed by atoms with van der Waals surface area (Å²) in [6, 6.07) is 3.52. The first-order valence-electron chi connectivity index (χ1n) is 4.65. The van der Waals surface area contributed by atoms with Crippen LogP contribution in [0.5, 0.6) is 5.88 Å². The van der Waals surface area contributed by atoms with Crippen LogP contribution in [0.25, 0.3) is 0 Å². The van der Waals surface area contributed by atoms with Gasteiger partial charge in [-0.25, -0.2) is 9.97 Å². The van der Waals surface area contributed by atoms with E-state index in [1.165, 1.54) is 25.2 Å². The standard InChI is InChI=1S/C10H9ClN4OS/c1-16-8-7(12)10(15-5-14-8)17-9-6(11)3-2-4-13-9/h2-5H,12H2,1H3. The normalized spacial score (nSPS) is 10.2. The molecule has 2 rings (SSSR count). The SMILES string of the molecule is COc1ncnc(Sc2ncccc2Cl)c1N. The fourth-order valence-electron chi connectivity index (χ4n) is 1.15. The van der Waals surface area contributed by atoms with Crippen LogP contribution in [0.2, 0.25) is 5.02 Å². The van der Waals surface area contributed by atoms with E-state index >= 15 is 0 Å². The number of aromatic nitrogens is 3. The second kappa shape index (κ2) is 5.20. The van der Waals surface area contributed by atoms with Crippen molar-refractivity contribution in [2.45, 2.75) is 10.1 Å². The molecule has 2 heterocycles. The molecule has 0 saturated heterocycles. The maximum absolute atomic E-state index is 6.00. The molecule has 0 aliphatic heterocycles. The maximum Gasteiger partial charge on any atom is 0.241 e. The number of nitrogens with zero attached hydrogens (tertiary/aromatic N) is 3. The first-order chi connectivity index (χ1) is 8.22. The largest absolute Gasteiger partial charge is 0.479 e. The van der Waals surface area contributed by atoms with Crippen molar-refractivity contribution in [2.24, 2.45) is 0 Å². The number of methoxy groups -OCH3 is 1. The zero-order valence-electron chi connectivity index (χ0n) is 8.92. The van der Waals surface area contributed by atoms with Crippen LogP contribution in [0.3, 0.4) is 0 Å². The minimum atomic E-state index is 0.342. The van der Waals surface area contributed by atoms with E-state index in [2.05, 4.69) is 15.0 Å². The van der Waals surface area contributed by atoms with Crippen LogP contribution in [0.1, 0.15) is 0 Å². The molecule has 0 atom stereocenters. The minimum absolute atomic E-state index is 0.342. The number of hydrogen-bond donors (Lipinski definition) is 1. The first kappa shape index (κ1) is 11.9. The first-order valence-corrected chi connectivity index (χ1v) is 5.84. The van der Waals surface area contributed by atoms with Crippen molar-refractivity contribution in [3.8, 4) is 5.88 Å². The summed E-state index contributed by atoms with van der Waals surface area (Å²) < 4.78 is 5.01. The summed E-state index contributed by atoms with van der Waals surface area (Å²) in [7, 11) is 1.50. The summed E-state index contributed by atoms with van der Waals surface area (Å²) in [5, 5.41) is 1.76. The number of halogens is 1. The molecule has 17 heavy (non-hydrogen) atoms. The van der Waals surface area contributed by atoms with E-state index in [1.54, 1.807) is 18.3 Å². The molecular formula is C10H9ClN4OS. The smallest absolute Gasteiger partial charge is 0.241 e. The Balaban J connectivity index is 2.34. The van der Waals surface area contributed by atoms with E-state index in [0.717, 1.165) is 0 Å². The predicted octanol–water partition coefficient (Wildman–Crippen LogP) is 2.27. The van der Waals surface area contributed by atoms with Gasteiger partial charge in [-0.05, 0) is 23.9 Å². The lowest BCUT2D eigenvalue weighted by molar-refractivity contribution is 0.397. The molecule has 5 nitrogen and oxygen atoms in total. The number of nitrogens with two attached hydrogens (primary N) is 1. The molecule has 0 spiro atoms. The van der Waals surface area contributed by atoms with Crippen LogP contribution >= 0.6 is 23.4 Å². The number of hydrogen-bond acceptors (Lipinski definition) is 6. The van der Waals surface area contributed by atoms with Gasteiger partial charge in [-0.2, -0.15) is 4.98 Å². The van der Waals surface area contributed by atoms with Crippen molar-refractivity contribution in [1.82, 2.24) is 15.0 Å². The van der Waals surface area contributed by atoms with Gasteiger partial charge in [0.05, 0.1) is 12.1 Å². The molecule has 0 amide bonds. The topological polar surface area (TPSA) is 73.9 Å². The van der Waals surface area contributed by atoms with Crippen LogP contribution in [0.15, 0.2) is 34.7 Å².